The molecule has 0 unspecified atom stereocenters. The van der Waals surface area contributed by atoms with Gasteiger partial charge >= 0.3 is 0 Å². The predicted molar refractivity (Wildman–Crippen MR) is 127 cm³/mol. The summed E-state index contributed by atoms with van der Waals surface area (Å²) in [6.45, 7) is 4.24. The van der Waals surface area contributed by atoms with Crippen LogP contribution in [0.1, 0.15) is 49.7 Å². The van der Waals surface area contributed by atoms with Crippen LogP contribution in [0.2, 0.25) is 0 Å². The molecule has 1 saturated carbocycles. The third-order valence-electron chi connectivity index (χ3n) is 6.84. The molecule has 0 amide bonds. The minimum absolute atomic E-state index is 0.935. The van der Waals surface area contributed by atoms with E-state index in [4.69, 9.17) is 0 Å². The van der Waals surface area contributed by atoms with Crippen LogP contribution in [0.4, 0.5) is 0 Å². The van der Waals surface area contributed by atoms with Crippen LogP contribution in [0.5, 0.6) is 0 Å². The van der Waals surface area contributed by atoms with Gasteiger partial charge in [0.1, 0.15) is 0 Å². The largest absolute Gasteiger partial charge is 0.345 e. The van der Waals surface area contributed by atoms with Gasteiger partial charge in [-0.15, -0.1) is 0 Å². The number of aromatic nitrogens is 2. The summed E-state index contributed by atoms with van der Waals surface area (Å²) in [5.74, 6) is 0.935. The molecule has 1 fully saturated rings. The third kappa shape index (κ3) is 3.87. The molecule has 0 saturated heterocycles. The van der Waals surface area contributed by atoms with Gasteiger partial charge in [-0.05, 0) is 71.0 Å². The summed E-state index contributed by atoms with van der Waals surface area (Å²) in [6.07, 6.45) is 10.3. The molecule has 3 aromatic carbocycles. The van der Waals surface area contributed by atoms with Crippen molar-refractivity contribution in [3.8, 4) is 11.1 Å². The van der Waals surface area contributed by atoms with E-state index in [9.17, 15) is 0 Å². The van der Waals surface area contributed by atoms with E-state index in [-0.39, 0.29) is 0 Å². The van der Waals surface area contributed by atoms with Gasteiger partial charge in [-0.2, -0.15) is 0 Å². The SMILES string of the molecule is Cc1cc2[nH]cnc2cc1-c1ccc(CNCCC2CCCCC2)c2ccccc12. The molecule has 0 spiro atoms. The van der Waals surface area contributed by atoms with E-state index in [1.54, 1.807) is 6.33 Å². The minimum atomic E-state index is 0.935. The number of nitrogens with zero attached hydrogens (tertiary/aromatic N) is 1. The molecule has 4 aromatic rings. The summed E-state index contributed by atoms with van der Waals surface area (Å²) in [5.41, 5.74) is 7.33. The van der Waals surface area contributed by atoms with Crippen molar-refractivity contribution in [1.82, 2.24) is 15.3 Å². The fourth-order valence-electron chi connectivity index (χ4n) is 5.14. The van der Waals surface area contributed by atoms with Crippen molar-refractivity contribution in [3.05, 3.63) is 66.0 Å². The van der Waals surface area contributed by atoms with Gasteiger partial charge in [-0.3, -0.25) is 0 Å². The Kier molecular flexibility index (Phi) is 5.54. The first-order chi connectivity index (χ1) is 14.8. The van der Waals surface area contributed by atoms with Crippen molar-refractivity contribution < 1.29 is 0 Å². The molecule has 1 heterocycles. The number of aromatic amines is 1. The lowest BCUT2D eigenvalue weighted by Crippen LogP contribution is -2.19. The second-order valence-corrected chi connectivity index (χ2v) is 8.87. The molecule has 154 valence electrons. The van der Waals surface area contributed by atoms with Crippen molar-refractivity contribution in [1.29, 1.82) is 0 Å². The Labute approximate surface area is 178 Å². The molecule has 1 aliphatic carbocycles. The molecule has 3 nitrogen and oxygen atoms in total. The van der Waals surface area contributed by atoms with Crippen LogP contribution >= 0.6 is 0 Å². The fraction of sp³-hybridized carbons (Fsp3) is 0.370. The zero-order chi connectivity index (χ0) is 20.3. The van der Waals surface area contributed by atoms with Crippen LogP contribution in [0.15, 0.2) is 54.9 Å². The standard InChI is InChI=1S/C27H31N3/c1-19-15-26-27(30-18-29-26)16-25(19)24-12-11-21(22-9-5-6-10-23(22)24)17-28-14-13-20-7-3-2-4-8-20/h5-6,9-12,15-16,18,20,28H,2-4,7-8,13-14,17H2,1H3,(H,29,30). The van der Waals surface area contributed by atoms with E-state index >= 15 is 0 Å². The minimum Gasteiger partial charge on any atom is -0.345 e. The summed E-state index contributed by atoms with van der Waals surface area (Å²) in [6, 6.07) is 17.8. The number of aryl methyl sites for hydroxylation is 1. The lowest BCUT2D eigenvalue weighted by atomic mass is 9.87. The van der Waals surface area contributed by atoms with Crippen LogP contribution in [-0.2, 0) is 6.54 Å². The third-order valence-corrected chi connectivity index (χ3v) is 6.84. The smallest absolute Gasteiger partial charge is 0.0931 e. The predicted octanol–water partition coefficient (Wildman–Crippen LogP) is 6.75. The Balaban J connectivity index is 1.39. The number of hydrogen-bond acceptors (Lipinski definition) is 2. The quantitative estimate of drug-likeness (QED) is 0.353. The summed E-state index contributed by atoms with van der Waals surface area (Å²) < 4.78 is 0. The average molecular weight is 398 g/mol. The first kappa shape index (κ1) is 19.3. The highest BCUT2D eigenvalue weighted by Crippen LogP contribution is 2.34. The molecular formula is C27H31N3. The van der Waals surface area contributed by atoms with Crippen molar-refractivity contribution in [2.24, 2.45) is 5.92 Å². The number of rotatable bonds is 6. The molecule has 5 rings (SSSR count). The highest BCUT2D eigenvalue weighted by molar-refractivity contribution is 6.00. The Morgan fingerprint density at radius 3 is 2.67 bits per heavy atom. The summed E-state index contributed by atoms with van der Waals surface area (Å²) in [7, 11) is 0. The zero-order valence-electron chi connectivity index (χ0n) is 17.9. The van der Waals surface area contributed by atoms with Gasteiger partial charge in [-0.1, -0.05) is 68.5 Å². The Hall–Kier alpha value is -2.65. The highest BCUT2D eigenvalue weighted by Gasteiger charge is 2.14. The molecule has 0 bridgehead atoms. The molecule has 30 heavy (non-hydrogen) atoms. The second-order valence-electron chi connectivity index (χ2n) is 8.87. The molecule has 0 aliphatic heterocycles. The monoisotopic (exact) mass is 397 g/mol. The molecule has 1 aromatic heterocycles. The summed E-state index contributed by atoms with van der Waals surface area (Å²) in [5, 5.41) is 6.39. The molecular weight excluding hydrogens is 366 g/mol. The highest BCUT2D eigenvalue weighted by atomic mass is 14.9. The molecule has 0 atom stereocenters. The summed E-state index contributed by atoms with van der Waals surface area (Å²) >= 11 is 0. The van der Waals surface area contributed by atoms with E-state index in [0.717, 1.165) is 30.0 Å². The molecule has 3 heteroatoms. The fourth-order valence-corrected chi connectivity index (χ4v) is 5.14. The Bertz CT molecular complexity index is 1150. The Morgan fingerprint density at radius 2 is 1.80 bits per heavy atom. The number of benzene rings is 3. The number of nitrogens with one attached hydrogen (secondary N) is 2. The second kappa shape index (κ2) is 8.61. The maximum atomic E-state index is 4.47. The maximum Gasteiger partial charge on any atom is 0.0931 e. The number of H-pyrrole nitrogens is 1. The number of fused-ring (bicyclic) bond motifs is 2. The van der Waals surface area contributed by atoms with Crippen LogP contribution in [-0.4, -0.2) is 16.5 Å². The van der Waals surface area contributed by atoms with E-state index in [1.807, 2.05) is 0 Å². The van der Waals surface area contributed by atoms with Crippen LogP contribution in [0.3, 0.4) is 0 Å². The van der Waals surface area contributed by atoms with Gasteiger partial charge in [0, 0.05) is 6.54 Å². The van der Waals surface area contributed by atoms with E-state index in [1.165, 1.54) is 71.6 Å². The first-order valence-corrected chi connectivity index (χ1v) is 11.4. The Morgan fingerprint density at radius 1 is 0.967 bits per heavy atom. The molecule has 1 aliphatic rings. The van der Waals surface area contributed by atoms with Gasteiger partial charge in [0.15, 0.2) is 0 Å². The normalized spacial score (nSPS) is 15.2. The van der Waals surface area contributed by atoms with E-state index in [0.29, 0.717) is 0 Å². The summed E-state index contributed by atoms with van der Waals surface area (Å²) in [4.78, 5) is 7.68. The number of hydrogen-bond donors (Lipinski definition) is 2. The van der Waals surface area contributed by atoms with Gasteiger partial charge in [0.05, 0.1) is 17.4 Å². The lowest BCUT2D eigenvalue weighted by molar-refractivity contribution is 0.334. The van der Waals surface area contributed by atoms with Crippen LogP contribution in [0.25, 0.3) is 32.9 Å². The topological polar surface area (TPSA) is 40.7 Å². The van der Waals surface area contributed by atoms with Gasteiger partial charge in [0.2, 0.25) is 0 Å². The van der Waals surface area contributed by atoms with E-state index < -0.39 is 0 Å². The first-order valence-electron chi connectivity index (χ1n) is 11.4. The van der Waals surface area contributed by atoms with Crippen molar-refractivity contribution in [3.63, 3.8) is 0 Å². The van der Waals surface area contributed by atoms with Crippen molar-refractivity contribution in [2.75, 3.05) is 6.54 Å². The molecule has 0 radical (unpaired) electrons. The maximum absolute atomic E-state index is 4.47. The zero-order valence-corrected chi connectivity index (χ0v) is 17.9. The van der Waals surface area contributed by atoms with Crippen molar-refractivity contribution >= 4 is 21.8 Å². The van der Waals surface area contributed by atoms with E-state index in [2.05, 4.69) is 70.7 Å². The van der Waals surface area contributed by atoms with Crippen molar-refractivity contribution in [2.45, 2.75) is 52.0 Å². The number of imidazole rings is 1. The van der Waals surface area contributed by atoms with Crippen LogP contribution < -0.4 is 5.32 Å². The van der Waals surface area contributed by atoms with Gasteiger partial charge in [0.25, 0.3) is 0 Å². The van der Waals surface area contributed by atoms with Gasteiger partial charge < -0.3 is 10.3 Å². The van der Waals surface area contributed by atoms with Gasteiger partial charge in [-0.25, -0.2) is 4.98 Å². The van der Waals surface area contributed by atoms with Crippen LogP contribution in [0, 0.1) is 12.8 Å². The molecule has 2 N–H and O–H groups in total. The average Bonchev–Trinajstić information content (AvgIpc) is 3.24. The lowest BCUT2D eigenvalue weighted by Gasteiger charge is -2.21.